The molecule has 1 N–H and O–H groups in total. The van der Waals surface area contributed by atoms with Crippen molar-refractivity contribution in [3.05, 3.63) is 65.0 Å². The summed E-state index contributed by atoms with van der Waals surface area (Å²) in [5.74, 6) is -1.14. The van der Waals surface area contributed by atoms with E-state index in [-0.39, 0.29) is 5.56 Å². The first-order valence-corrected chi connectivity index (χ1v) is 6.25. The molecule has 0 aliphatic carbocycles. The van der Waals surface area contributed by atoms with E-state index in [9.17, 15) is 9.18 Å². The van der Waals surface area contributed by atoms with E-state index in [4.69, 9.17) is 5.26 Å². The lowest BCUT2D eigenvalue weighted by Crippen LogP contribution is -2.09. The standard InChI is InChI=1S/C16H13FN2O2/c1-21-16(20)14-8-13(17)6-7-15(14)19-10-12-5-3-2-4-11(12)9-18/h2-8,19H,10H2,1H3. The maximum Gasteiger partial charge on any atom is 0.340 e. The number of benzene rings is 2. The van der Waals surface area contributed by atoms with Gasteiger partial charge in [0.25, 0.3) is 0 Å². The molecule has 0 atom stereocenters. The first-order valence-electron chi connectivity index (χ1n) is 6.25. The monoisotopic (exact) mass is 284 g/mol. The van der Waals surface area contributed by atoms with Crippen molar-refractivity contribution in [2.24, 2.45) is 0 Å². The summed E-state index contributed by atoms with van der Waals surface area (Å²) < 4.78 is 17.9. The molecule has 0 spiro atoms. The van der Waals surface area contributed by atoms with E-state index >= 15 is 0 Å². The van der Waals surface area contributed by atoms with Crippen molar-refractivity contribution < 1.29 is 13.9 Å². The predicted octanol–water partition coefficient (Wildman–Crippen LogP) is 3.10. The van der Waals surface area contributed by atoms with Gasteiger partial charge in [-0.3, -0.25) is 0 Å². The maximum absolute atomic E-state index is 13.2. The number of hydrogen-bond acceptors (Lipinski definition) is 4. The molecule has 21 heavy (non-hydrogen) atoms. The number of nitrogens with one attached hydrogen (secondary N) is 1. The second-order valence-corrected chi connectivity index (χ2v) is 4.30. The van der Waals surface area contributed by atoms with E-state index < -0.39 is 11.8 Å². The Bertz CT molecular complexity index is 708. The zero-order chi connectivity index (χ0) is 15.2. The molecule has 106 valence electrons. The molecule has 5 heteroatoms. The minimum Gasteiger partial charge on any atom is -0.465 e. The fourth-order valence-electron chi connectivity index (χ4n) is 1.92. The van der Waals surface area contributed by atoms with Crippen LogP contribution in [0.25, 0.3) is 0 Å². The predicted molar refractivity (Wildman–Crippen MR) is 76.2 cm³/mol. The third-order valence-electron chi connectivity index (χ3n) is 2.99. The number of halogens is 1. The van der Waals surface area contributed by atoms with Crippen LogP contribution in [0.4, 0.5) is 10.1 Å². The van der Waals surface area contributed by atoms with Crippen molar-refractivity contribution in [3.63, 3.8) is 0 Å². The summed E-state index contributed by atoms with van der Waals surface area (Å²) >= 11 is 0. The van der Waals surface area contributed by atoms with E-state index in [1.165, 1.54) is 19.2 Å². The van der Waals surface area contributed by atoms with Crippen LogP contribution in [0.1, 0.15) is 21.5 Å². The Morgan fingerprint density at radius 3 is 2.81 bits per heavy atom. The number of anilines is 1. The van der Waals surface area contributed by atoms with Crippen molar-refractivity contribution >= 4 is 11.7 Å². The highest BCUT2D eigenvalue weighted by Gasteiger charge is 2.13. The summed E-state index contributed by atoms with van der Waals surface area (Å²) in [7, 11) is 1.24. The molecule has 2 aromatic rings. The highest BCUT2D eigenvalue weighted by atomic mass is 19.1. The molecule has 2 aromatic carbocycles. The van der Waals surface area contributed by atoms with Crippen molar-refractivity contribution in [2.75, 3.05) is 12.4 Å². The van der Waals surface area contributed by atoms with Gasteiger partial charge in [0.2, 0.25) is 0 Å². The van der Waals surface area contributed by atoms with Gasteiger partial charge in [0, 0.05) is 12.2 Å². The molecule has 0 saturated heterocycles. The Kier molecular flexibility index (Phi) is 4.52. The van der Waals surface area contributed by atoms with Gasteiger partial charge < -0.3 is 10.1 Å². The molecule has 0 bridgehead atoms. The molecule has 0 fully saturated rings. The summed E-state index contributed by atoms with van der Waals surface area (Å²) in [5, 5.41) is 12.1. The average molecular weight is 284 g/mol. The molecule has 0 unspecified atom stereocenters. The number of hydrogen-bond donors (Lipinski definition) is 1. The number of ether oxygens (including phenoxy) is 1. The Balaban J connectivity index is 2.24. The highest BCUT2D eigenvalue weighted by molar-refractivity contribution is 5.95. The number of esters is 1. The van der Waals surface area contributed by atoms with Crippen LogP contribution in [0.3, 0.4) is 0 Å². The summed E-state index contributed by atoms with van der Waals surface area (Å²) in [4.78, 5) is 11.6. The van der Waals surface area contributed by atoms with Crippen molar-refractivity contribution in [3.8, 4) is 6.07 Å². The molecule has 0 radical (unpaired) electrons. The summed E-state index contributed by atoms with van der Waals surface area (Å²) in [6.45, 7) is 0.347. The summed E-state index contributed by atoms with van der Waals surface area (Å²) in [6.07, 6.45) is 0. The molecule has 0 aromatic heterocycles. The van der Waals surface area contributed by atoms with Gasteiger partial charge in [-0.25, -0.2) is 9.18 Å². The normalized spacial score (nSPS) is 9.76. The topological polar surface area (TPSA) is 62.1 Å². The first kappa shape index (κ1) is 14.5. The van der Waals surface area contributed by atoms with Gasteiger partial charge >= 0.3 is 5.97 Å². The van der Waals surface area contributed by atoms with E-state index in [1.54, 1.807) is 12.1 Å². The Labute approximate surface area is 121 Å². The van der Waals surface area contributed by atoms with Crippen LogP contribution in [0, 0.1) is 17.1 Å². The fourth-order valence-corrected chi connectivity index (χ4v) is 1.92. The number of methoxy groups -OCH3 is 1. The molecular weight excluding hydrogens is 271 g/mol. The first-order chi connectivity index (χ1) is 10.2. The number of nitriles is 1. The second-order valence-electron chi connectivity index (χ2n) is 4.30. The third-order valence-corrected chi connectivity index (χ3v) is 2.99. The molecule has 0 aliphatic heterocycles. The van der Waals surface area contributed by atoms with E-state index in [0.717, 1.165) is 11.6 Å². The summed E-state index contributed by atoms with van der Waals surface area (Å²) in [6, 6.07) is 13.1. The zero-order valence-corrected chi connectivity index (χ0v) is 11.4. The van der Waals surface area contributed by atoms with Gasteiger partial charge in [-0.15, -0.1) is 0 Å². The van der Waals surface area contributed by atoms with Crippen molar-refractivity contribution in [2.45, 2.75) is 6.54 Å². The second kappa shape index (κ2) is 6.53. The van der Waals surface area contributed by atoms with E-state index in [1.807, 2.05) is 12.1 Å². The molecule has 2 rings (SSSR count). The minimum absolute atomic E-state index is 0.118. The lowest BCUT2D eigenvalue weighted by atomic mass is 10.1. The van der Waals surface area contributed by atoms with Crippen LogP contribution in [0.15, 0.2) is 42.5 Å². The van der Waals surface area contributed by atoms with Crippen molar-refractivity contribution in [1.82, 2.24) is 0 Å². The van der Waals surface area contributed by atoms with Gasteiger partial charge in [-0.05, 0) is 29.8 Å². The van der Waals surface area contributed by atoms with E-state index in [0.29, 0.717) is 17.8 Å². The van der Waals surface area contributed by atoms with Gasteiger partial charge in [-0.2, -0.15) is 5.26 Å². The van der Waals surface area contributed by atoms with Crippen LogP contribution in [0.2, 0.25) is 0 Å². The quantitative estimate of drug-likeness (QED) is 0.876. The Hall–Kier alpha value is -2.87. The largest absolute Gasteiger partial charge is 0.465 e. The van der Waals surface area contributed by atoms with Gasteiger partial charge in [-0.1, -0.05) is 18.2 Å². The molecular formula is C16H13FN2O2. The molecule has 4 nitrogen and oxygen atoms in total. The molecule has 0 amide bonds. The number of nitrogens with zero attached hydrogens (tertiary/aromatic N) is 1. The van der Waals surface area contributed by atoms with Crippen LogP contribution in [-0.2, 0) is 11.3 Å². The van der Waals surface area contributed by atoms with E-state index in [2.05, 4.69) is 16.1 Å². The third kappa shape index (κ3) is 3.37. The number of carbonyl (C=O) groups is 1. The van der Waals surface area contributed by atoms with Crippen LogP contribution < -0.4 is 5.32 Å². The highest BCUT2D eigenvalue weighted by Crippen LogP contribution is 2.19. The number of rotatable bonds is 4. The summed E-state index contributed by atoms with van der Waals surface area (Å²) in [5.41, 5.74) is 1.91. The van der Waals surface area contributed by atoms with Gasteiger partial charge in [0.05, 0.1) is 24.3 Å². The molecule has 0 heterocycles. The minimum atomic E-state index is -0.620. The van der Waals surface area contributed by atoms with Crippen LogP contribution in [-0.4, -0.2) is 13.1 Å². The van der Waals surface area contributed by atoms with Crippen LogP contribution in [0.5, 0.6) is 0 Å². The average Bonchev–Trinajstić information content (AvgIpc) is 2.53. The van der Waals surface area contributed by atoms with Crippen molar-refractivity contribution in [1.29, 1.82) is 5.26 Å². The lowest BCUT2D eigenvalue weighted by molar-refractivity contribution is 0.0601. The SMILES string of the molecule is COC(=O)c1cc(F)ccc1NCc1ccccc1C#N. The zero-order valence-electron chi connectivity index (χ0n) is 11.4. The van der Waals surface area contributed by atoms with Crippen LogP contribution >= 0.6 is 0 Å². The Morgan fingerprint density at radius 2 is 2.10 bits per heavy atom. The van der Waals surface area contributed by atoms with Gasteiger partial charge in [0.1, 0.15) is 5.82 Å². The number of carbonyl (C=O) groups excluding carboxylic acids is 1. The smallest absolute Gasteiger partial charge is 0.340 e. The molecule has 0 saturated carbocycles. The maximum atomic E-state index is 13.2. The molecule has 0 aliphatic rings. The lowest BCUT2D eigenvalue weighted by Gasteiger charge is -2.11. The Morgan fingerprint density at radius 1 is 1.33 bits per heavy atom. The fraction of sp³-hybridized carbons (Fsp3) is 0.125. The van der Waals surface area contributed by atoms with Gasteiger partial charge in [0.15, 0.2) is 0 Å².